The number of aryl methyl sites for hydroxylation is 1. The highest BCUT2D eigenvalue weighted by Crippen LogP contribution is 2.44. The van der Waals surface area contributed by atoms with Gasteiger partial charge in [0.1, 0.15) is 0 Å². The molecule has 1 aliphatic rings. The van der Waals surface area contributed by atoms with Gasteiger partial charge >= 0.3 is 12.5 Å². The minimum absolute atomic E-state index is 0.00261. The monoisotopic (exact) mass is 584 g/mol. The summed E-state index contributed by atoms with van der Waals surface area (Å²) in [5.74, 6) is -0.133. The van der Waals surface area contributed by atoms with E-state index in [1.807, 2.05) is 0 Å². The molecule has 0 spiro atoms. The second kappa shape index (κ2) is 11.0. The Balaban J connectivity index is 1.79. The lowest BCUT2D eigenvalue weighted by Gasteiger charge is -2.41. The van der Waals surface area contributed by atoms with E-state index in [0.29, 0.717) is 37.1 Å². The Morgan fingerprint density at radius 1 is 1.02 bits per heavy atom. The second-order valence-corrected chi connectivity index (χ2v) is 11.3. The first-order valence-electron chi connectivity index (χ1n) is 13.1. The Hall–Kier alpha value is -3.52. The van der Waals surface area contributed by atoms with E-state index in [0.717, 1.165) is 11.1 Å². The van der Waals surface area contributed by atoms with E-state index in [1.54, 1.807) is 13.0 Å². The molecule has 1 saturated heterocycles. The van der Waals surface area contributed by atoms with Crippen molar-refractivity contribution in [2.45, 2.75) is 64.5 Å². The molecule has 3 aromatic rings. The number of nitrogens with two attached hydrogens (primary N) is 1. The largest absolute Gasteiger partial charge is 0.474 e. The summed E-state index contributed by atoms with van der Waals surface area (Å²) < 4.78 is 82.9. The number of anilines is 4. The molecule has 0 aliphatic carbocycles. The van der Waals surface area contributed by atoms with Crippen molar-refractivity contribution in [1.29, 1.82) is 0 Å². The average Bonchev–Trinajstić information content (AvgIpc) is 3.25. The van der Waals surface area contributed by atoms with Gasteiger partial charge in [0.2, 0.25) is 11.9 Å². The molecule has 0 atom stereocenters. The average molecular weight is 585 g/mol. The lowest BCUT2D eigenvalue weighted by molar-refractivity contribution is -0.158. The summed E-state index contributed by atoms with van der Waals surface area (Å²) in [6.07, 6.45) is -8.10. The van der Waals surface area contributed by atoms with E-state index >= 15 is 0 Å². The molecule has 1 aliphatic heterocycles. The number of hydrogen-bond donors (Lipinski definition) is 4. The van der Waals surface area contributed by atoms with Gasteiger partial charge in [-0.25, -0.2) is 5.10 Å². The van der Waals surface area contributed by atoms with Crippen LogP contribution in [-0.4, -0.2) is 52.1 Å². The predicted molar refractivity (Wildman–Crippen MR) is 147 cm³/mol. The summed E-state index contributed by atoms with van der Waals surface area (Å²) >= 11 is 0. The van der Waals surface area contributed by atoms with Gasteiger partial charge in [-0.05, 0) is 106 Å². The van der Waals surface area contributed by atoms with Crippen LogP contribution in [0.5, 0.6) is 0 Å². The topological polar surface area (TPSA) is 98.1 Å². The Bertz CT molecular complexity index is 1370. The first-order chi connectivity index (χ1) is 18.9. The molecule has 41 heavy (non-hydrogen) atoms. The van der Waals surface area contributed by atoms with Crippen LogP contribution >= 0.6 is 0 Å². The third kappa shape index (κ3) is 7.22. The molecule has 1 aromatic heterocycles. The Morgan fingerprint density at radius 2 is 1.68 bits per heavy atom. The van der Waals surface area contributed by atoms with E-state index < -0.39 is 18.0 Å². The summed E-state index contributed by atoms with van der Waals surface area (Å²) in [5.41, 5.74) is 7.49. The lowest BCUT2D eigenvalue weighted by Crippen LogP contribution is -2.46. The summed E-state index contributed by atoms with van der Waals surface area (Å²) in [6.45, 7) is 9.27. The molecule has 1 fully saturated rings. The van der Waals surface area contributed by atoms with Gasteiger partial charge in [-0.3, -0.25) is 4.90 Å². The third-order valence-electron chi connectivity index (χ3n) is 7.26. The Morgan fingerprint density at radius 3 is 2.22 bits per heavy atom. The second-order valence-electron chi connectivity index (χ2n) is 11.3. The van der Waals surface area contributed by atoms with Crippen LogP contribution in [0.2, 0.25) is 0 Å². The van der Waals surface area contributed by atoms with E-state index in [9.17, 15) is 26.3 Å². The third-order valence-corrected chi connectivity index (χ3v) is 7.26. The van der Waals surface area contributed by atoms with Crippen LogP contribution in [0.25, 0.3) is 11.1 Å². The number of nitrogens with zero attached hydrogens (tertiary/aromatic N) is 4. The number of piperidine rings is 1. The highest BCUT2D eigenvalue weighted by Gasteiger charge is 2.36. The van der Waals surface area contributed by atoms with Gasteiger partial charge in [-0.15, -0.1) is 10.5 Å². The van der Waals surface area contributed by atoms with Gasteiger partial charge in [0.15, 0.2) is 0 Å². The Kier molecular flexibility index (Phi) is 8.20. The first kappa shape index (κ1) is 30.4. The van der Waals surface area contributed by atoms with Gasteiger partial charge in [-0.2, -0.15) is 31.3 Å². The molecule has 0 radical (unpaired) electrons. The number of nitrogens with one attached hydrogen (secondary N) is 3. The van der Waals surface area contributed by atoms with Crippen molar-refractivity contribution in [2.24, 2.45) is 0 Å². The van der Waals surface area contributed by atoms with Crippen molar-refractivity contribution in [1.82, 2.24) is 25.5 Å². The Labute approximate surface area is 234 Å². The van der Waals surface area contributed by atoms with Crippen LogP contribution in [0, 0.1) is 6.92 Å². The molecule has 4 rings (SSSR count). The molecule has 0 saturated carbocycles. The van der Waals surface area contributed by atoms with Crippen LogP contribution in [0.1, 0.15) is 56.2 Å². The molecule has 2 heterocycles. The van der Waals surface area contributed by atoms with Gasteiger partial charge in [0, 0.05) is 18.3 Å². The number of H-pyrrole nitrogens is 1. The standard InChI is InChI=1S/C27H34F6N8/c1-15-12-18(35-24-36-23(34)37-38-24)14-20(26(28,29)30)22(15)17-6-7-21(40(5)39-27(31,32)33)19(13-17)16-8-10-41(11-9-16)25(2,3)4/h6-7,12-14,16,39H,8-11H2,1-5H3,(H4,34,35,36,37,38). The number of aromatic nitrogens is 3. The van der Waals surface area contributed by atoms with Crippen molar-refractivity contribution in [3.8, 4) is 11.1 Å². The van der Waals surface area contributed by atoms with E-state index in [1.165, 1.54) is 30.7 Å². The van der Waals surface area contributed by atoms with Crippen LogP contribution < -0.4 is 21.5 Å². The normalized spacial score (nSPS) is 15.8. The zero-order valence-electron chi connectivity index (χ0n) is 23.4. The molecule has 8 nitrogen and oxygen atoms in total. The summed E-state index contributed by atoms with van der Waals surface area (Å²) in [5, 5.41) is 9.81. The summed E-state index contributed by atoms with van der Waals surface area (Å²) in [7, 11) is 1.25. The van der Waals surface area contributed by atoms with Crippen LogP contribution in [0.3, 0.4) is 0 Å². The molecule has 14 heteroatoms. The first-order valence-corrected chi connectivity index (χ1v) is 13.1. The molecule has 5 N–H and O–H groups in total. The van der Waals surface area contributed by atoms with Gasteiger partial charge in [-0.1, -0.05) is 6.07 Å². The number of halogens is 6. The highest BCUT2D eigenvalue weighted by molar-refractivity contribution is 5.78. The number of hydrazine groups is 1. The zero-order chi connectivity index (χ0) is 30.3. The lowest BCUT2D eigenvalue weighted by atomic mass is 9.84. The molecule has 2 aromatic carbocycles. The zero-order valence-corrected chi connectivity index (χ0v) is 23.4. The van der Waals surface area contributed by atoms with E-state index in [2.05, 4.69) is 46.2 Å². The predicted octanol–water partition coefficient (Wildman–Crippen LogP) is 6.56. The molecular weight excluding hydrogens is 550 g/mol. The maximum absolute atomic E-state index is 14.4. The van der Waals surface area contributed by atoms with Gasteiger partial charge < -0.3 is 16.1 Å². The molecule has 0 bridgehead atoms. The SMILES string of the molecule is Cc1cc(Nc2n[nH]c(N)n2)cc(C(F)(F)F)c1-c1ccc(N(C)NC(F)(F)F)c(C2CCN(C(C)(C)C)CC2)c1. The number of alkyl halides is 6. The van der Waals surface area contributed by atoms with Crippen molar-refractivity contribution in [2.75, 3.05) is 36.2 Å². The summed E-state index contributed by atoms with van der Waals surface area (Å²) in [4.78, 5) is 6.16. The van der Waals surface area contributed by atoms with Gasteiger partial charge in [0.25, 0.3) is 0 Å². The fraction of sp³-hybridized carbons (Fsp3) is 0.481. The smallest absolute Gasteiger partial charge is 0.368 e. The summed E-state index contributed by atoms with van der Waals surface area (Å²) in [6, 6.07) is 6.97. The number of nitrogen functional groups attached to an aromatic ring is 1. The van der Waals surface area contributed by atoms with Crippen molar-refractivity contribution in [3.63, 3.8) is 0 Å². The van der Waals surface area contributed by atoms with Crippen LogP contribution in [0.15, 0.2) is 30.3 Å². The van der Waals surface area contributed by atoms with Crippen molar-refractivity contribution in [3.05, 3.63) is 47.0 Å². The number of benzene rings is 2. The van der Waals surface area contributed by atoms with Crippen LogP contribution in [-0.2, 0) is 6.18 Å². The number of aromatic amines is 1. The number of likely N-dealkylation sites (tertiary alicyclic amines) is 1. The number of rotatable bonds is 6. The minimum Gasteiger partial charge on any atom is -0.368 e. The van der Waals surface area contributed by atoms with Gasteiger partial charge in [0.05, 0.1) is 11.3 Å². The van der Waals surface area contributed by atoms with E-state index in [-0.39, 0.29) is 45.9 Å². The van der Waals surface area contributed by atoms with Crippen molar-refractivity contribution >= 4 is 23.3 Å². The van der Waals surface area contributed by atoms with Crippen LogP contribution in [0.4, 0.5) is 49.6 Å². The van der Waals surface area contributed by atoms with E-state index in [4.69, 9.17) is 5.73 Å². The minimum atomic E-state index is -4.72. The quantitative estimate of drug-likeness (QED) is 0.148. The molecule has 0 amide bonds. The maximum Gasteiger partial charge on any atom is 0.474 e. The fourth-order valence-electron chi connectivity index (χ4n) is 5.38. The maximum atomic E-state index is 14.4. The number of hydrogen-bond acceptors (Lipinski definition) is 7. The fourth-order valence-corrected chi connectivity index (χ4v) is 5.38. The molecule has 224 valence electrons. The van der Waals surface area contributed by atoms with Crippen molar-refractivity contribution < 1.29 is 26.3 Å². The molecular formula is C27H34F6N8. The highest BCUT2D eigenvalue weighted by atomic mass is 19.4. The molecule has 0 unspecified atom stereocenters.